The van der Waals surface area contributed by atoms with Crippen LogP contribution < -0.4 is 9.80 Å². The average molecular weight is 266 g/mol. The largest absolute Gasteiger partial charge is 0.388 e. The van der Waals surface area contributed by atoms with E-state index in [-0.39, 0.29) is 6.54 Å². The number of rotatable bonds is 2. The van der Waals surface area contributed by atoms with Crippen molar-refractivity contribution in [3.63, 3.8) is 0 Å². The van der Waals surface area contributed by atoms with E-state index >= 15 is 0 Å². The molecular formula is C13H19FN4O. The molecule has 0 bridgehead atoms. The van der Waals surface area contributed by atoms with Crippen molar-refractivity contribution in [3.8, 4) is 0 Å². The maximum absolute atomic E-state index is 13.4. The SMILES string of the molecule is Cc1cc(N2C[C@@H](O)[C@H](F)C2)nc(N2CCCC2)n1. The summed E-state index contributed by atoms with van der Waals surface area (Å²) < 4.78 is 13.4. The van der Waals surface area contributed by atoms with Gasteiger partial charge in [0.15, 0.2) is 0 Å². The monoisotopic (exact) mass is 266 g/mol. The van der Waals surface area contributed by atoms with Gasteiger partial charge in [-0.3, -0.25) is 0 Å². The highest BCUT2D eigenvalue weighted by atomic mass is 19.1. The number of hydrogen-bond acceptors (Lipinski definition) is 5. The molecule has 1 aromatic heterocycles. The Balaban J connectivity index is 1.85. The summed E-state index contributed by atoms with van der Waals surface area (Å²) in [6.45, 7) is 4.40. The predicted octanol–water partition coefficient (Wildman–Crippen LogP) is 0.904. The zero-order valence-electron chi connectivity index (χ0n) is 11.1. The predicted molar refractivity (Wildman–Crippen MR) is 71.3 cm³/mol. The molecule has 0 aromatic carbocycles. The number of β-amino-alcohol motifs (C(OH)–C–C–N with tert-alkyl or cyclic N) is 1. The second-order valence-electron chi connectivity index (χ2n) is 5.35. The Hall–Kier alpha value is -1.43. The minimum atomic E-state index is -1.19. The number of aliphatic hydroxyl groups excluding tert-OH is 1. The number of aryl methyl sites for hydroxylation is 1. The van der Waals surface area contributed by atoms with Gasteiger partial charge >= 0.3 is 0 Å². The normalized spacial score (nSPS) is 27.3. The van der Waals surface area contributed by atoms with Crippen molar-refractivity contribution in [2.45, 2.75) is 32.0 Å². The van der Waals surface area contributed by atoms with Crippen molar-refractivity contribution in [2.75, 3.05) is 36.0 Å². The number of hydrogen-bond donors (Lipinski definition) is 1. The van der Waals surface area contributed by atoms with Crippen LogP contribution in [0.25, 0.3) is 0 Å². The van der Waals surface area contributed by atoms with E-state index in [0.717, 1.165) is 24.7 Å². The second-order valence-corrected chi connectivity index (χ2v) is 5.35. The Morgan fingerprint density at radius 2 is 1.95 bits per heavy atom. The van der Waals surface area contributed by atoms with Crippen molar-refractivity contribution in [3.05, 3.63) is 11.8 Å². The zero-order chi connectivity index (χ0) is 13.4. The molecule has 5 nitrogen and oxygen atoms in total. The number of anilines is 2. The summed E-state index contributed by atoms with van der Waals surface area (Å²) >= 11 is 0. The van der Waals surface area contributed by atoms with Gasteiger partial charge in [-0.15, -0.1) is 0 Å². The standard InChI is InChI=1S/C13H19FN4O/c1-9-6-12(18-7-10(14)11(19)8-18)16-13(15-9)17-4-2-3-5-17/h6,10-11,19H,2-5,7-8H2,1H3/t10-,11-/m1/s1. The minimum absolute atomic E-state index is 0.205. The lowest BCUT2D eigenvalue weighted by atomic mass is 10.3. The van der Waals surface area contributed by atoms with Gasteiger partial charge in [0.05, 0.1) is 6.54 Å². The van der Waals surface area contributed by atoms with Gasteiger partial charge in [0.25, 0.3) is 0 Å². The Kier molecular flexibility index (Phi) is 3.26. The van der Waals surface area contributed by atoms with Gasteiger partial charge in [-0.1, -0.05) is 0 Å². The van der Waals surface area contributed by atoms with Crippen LogP contribution in [0.5, 0.6) is 0 Å². The van der Waals surface area contributed by atoms with Crippen molar-refractivity contribution in [2.24, 2.45) is 0 Å². The summed E-state index contributed by atoms with van der Waals surface area (Å²) in [5.41, 5.74) is 0.878. The Labute approximate surface area is 112 Å². The fraction of sp³-hybridized carbons (Fsp3) is 0.692. The van der Waals surface area contributed by atoms with E-state index in [1.807, 2.05) is 13.0 Å². The van der Waals surface area contributed by atoms with Crippen LogP contribution in [0.2, 0.25) is 0 Å². The lowest BCUT2D eigenvalue weighted by Gasteiger charge is -2.21. The molecule has 0 aliphatic carbocycles. The quantitative estimate of drug-likeness (QED) is 0.862. The molecule has 2 aliphatic heterocycles. The van der Waals surface area contributed by atoms with Gasteiger partial charge in [-0.2, -0.15) is 4.98 Å². The summed E-state index contributed by atoms with van der Waals surface area (Å²) in [4.78, 5) is 12.9. The van der Waals surface area contributed by atoms with Crippen LogP contribution in [0.1, 0.15) is 18.5 Å². The molecule has 104 valence electrons. The van der Waals surface area contributed by atoms with Crippen molar-refractivity contribution in [1.82, 2.24) is 9.97 Å². The van der Waals surface area contributed by atoms with E-state index in [9.17, 15) is 9.50 Å². The number of aromatic nitrogens is 2. The third-order valence-corrected chi connectivity index (χ3v) is 3.76. The van der Waals surface area contributed by atoms with Crippen LogP contribution in [0, 0.1) is 6.92 Å². The molecule has 1 N–H and O–H groups in total. The molecule has 1 aromatic rings. The molecule has 0 spiro atoms. The molecule has 3 heterocycles. The van der Waals surface area contributed by atoms with Crippen LogP contribution in [-0.4, -0.2) is 53.5 Å². The number of alkyl halides is 1. The molecule has 19 heavy (non-hydrogen) atoms. The van der Waals surface area contributed by atoms with Crippen molar-refractivity contribution >= 4 is 11.8 Å². The first-order chi connectivity index (χ1) is 9.13. The molecule has 2 atom stereocenters. The number of nitrogens with zero attached hydrogens (tertiary/aromatic N) is 4. The van der Waals surface area contributed by atoms with Crippen molar-refractivity contribution in [1.29, 1.82) is 0 Å². The van der Waals surface area contributed by atoms with Gasteiger partial charge in [-0.05, 0) is 19.8 Å². The van der Waals surface area contributed by atoms with E-state index in [1.165, 1.54) is 12.8 Å². The maximum atomic E-state index is 13.4. The summed E-state index contributed by atoms with van der Waals surface area (Å²) in [6, 6.07) is 1.85. The van der Waals surface area contributed by atoms with Crippen LogP contribution in [0.4, 0.5) is 16.2 Å². The van der Waals surface area contributed by atoms with E-state index in [2.05, 4.69) is 14.9 Å². The van der Waals surface area contributed by atoms with Gasteiger partial charge in [0, 0.05) is 31.4 Å². The van der Waals surface area contributed by atoms with Crippen LogP contribution in [-0.2, 0) is 0 Å². The first-order valence-corrected chi connectivity index (χ1v) is 6.81. The smallest absolute Gasteiger partial charge is 0.227 e. The molecule has 2 fully saturated rings. The average Bonchev–Trinajstić information content (AvgIpc) is 3.00. The summed E-state index contributed by atoms with van der Waals surface area (Å²) in [5.74, 6) is 1.44. The fourth-order valence-electron chi connectivity index (χ4n) is 2.69. The Bertz CT molecular complexity index is 454. The summed E-state index contributed by atoms with van der Waals surface area (Å²) in [5, 5.41) is 9.51. The lowest BCUT2D eigenvalue weighted by molar-refractivity contribution is 0.118. The third-order valence-electron chi connectivity index (χ3n) is 3.76. The fourth-order valence-corrected chi connectivity index (χ4v) is 2.69. The minimum Gasteiger partial charge on any atom is -0.388 e. The van der Waals surface area contributed by atoms with E-state index < -0.39 is 12.3 Å². The summed E-state index contributed by atoms with van der Waals surface area (Å²) in [7, 11) is 0. The lowest BCUT2D eigenvalue weighted by Crippen LogP contribution is -2.25. The van der Waals surface area contributed by atoms with Crippen molar-refractivity contribution < 1.29 is 9.50 Å². The van der Waals surface area contributed by atoms with Crippen LogP contribution in [0.15, 0.2) is 6.07 Å². The maximum Gasteiger partial charge on any atom is 0.227 e. The molecule has 0 radical (unpaired) electrons. The molecule has 0 saturated carbocycles. The third kappa shape index (κ3) is 2.49. The highest BCUT2D eigenvalue weighted by Gasteiger charge is 2.32. The second kappa shape index (κ2) is 4.92. The molecular weight excluding hydrogens is 247 g/mol. The highest BCUT2D eigenvalue weighted by molar-refractivity contribution is 5.47. The first kappa shape index (κ1) is 12.6. The Morgan fingerprint density at radius 3 is 2.58 bits per heavy atom. The number of aliphatic hydroxyl groups is 1. The molecule has 2 aliphatic rings. The molecule has 0 unspecified atom stereocenters. The summed E-state index contributed by atoms with van der Waals surface area (Å²) in [6.07, 6.45) is 0.236. The molecule has 2 saturated heterocycles. The molecule has 6 heteroatoms. The number of halogens is 1. The Morgan fingerprint density at radius 1 is 1.21 bits per heavy atom. The molecule has 0 amide bonds. The van der Waals surface area contributed by atoms with E-state index in [1.54, 1.807) is 4.90 Å². The zero-order valence-corrected chi connectivity index (χ0v) is 11.1. The molecule has 3 rings (SSSR count). The van der Waals surface area contributed by atoms with Crippen LogP contribution in [0.3, 0.4) is 0 Å². The van der Waals surface area contributed by atoms with Gasteiger partial charge in [0.1, 0.15) is 18.1 Å². The highest BCUT2D eigenvalue weighted by Crippen LogP contribution is 2.24. The van der Waals surface area contributed by atoms with Gasteiger partial charge < -0.3 is 14.9 Å². The van der Waals surface area contributed by atoms with Gasteiger partial charge in [-0.25, -0.2) is 9.37 Å². The van der Waals surface area contributed by atoms with Gasteiger partial charge in [0.2, 0.25) is 5.95 Å². The van der Waals surface area contributed by atoms with E-state index in [0.29, 0.717) is 12.4 Å². The first-order valence-electron chi connectivity index (χ1n) is 6.81. The topological polar surface area (TPSA) is 52.5 Å². The van der Waals surface area contributed by atoms with E-state index in [4.69, 9.17) is 0 Å². The van der Waals surface area contributed by atoms with Crippen LogP contribution >= 0.6 is 0 Å².